The molecule has 2 N–H and O–H groups in total. The van der Waals surface area contributed by atoms with E-state index < -0.39 is 5.60 Å². The maximum absolute atomic E-state index is 11.0. The lowest BCUT2D eigenvalue weighted by Gasteiger charge is -2.42. The molecule has 1 heterocycles. The average Bonchev–Trinajstić information content (AvgIpc) is 2.80. The van der Waals surface area contributed by atoms with Crippen LogP contribution in [0.25, 0.3) is 0 Å². The van der Waals surface area contributed by atoms with E-state index in [1.54, 1.807) is 0 Å². The average molecular weight is 217 g/mol. The van der Waals surface area contributed by atoms with E-state index >= 15 is 0 Å². The monoisotopic (exact) mass is 217 g/mol. The minimum absolute atomic E-state index is 0.267. The van der Waals surface area contributed by atoms with Crippen molar-refractivity contribution in [2.24, 2.45) is 5.92 Å². The summed E-state index contributed by atoms with van der Waals surface area (Å²) < 4.78 is 0. The van der Waals surface area contributed by atoms with E-state index in [1.807, 2.05) is 18.2 Å². The van der Waals surface area contributed by atoms with Crippen molar-refractivity contribution in [1.82, 2.24) is 5.32 Å². The van der Waals surface area contributed by atoms with Gasteiger partial charge in [0.2, 0.25) is 0 Å². The van der Waals surface area contributed by atoms with Gasteiger partial charge in [-0.3, -0.25) is 0 Å². The van der Waals surface area contributed by atoms with Crippen molar-refractivity contribution in [1.29, 1.82) is 0 Å². The second-order valence-electron chi connectivity index (χ2n) is 5.16. The molecule has 1 aromatic carbocycles. The lowest BCUT2D eigenvalue weighted by molar-refractivity contribution is -0.0418. The van der Waals surface area contributed by atoms with Gasteiger partial charge in [0.15, 0.2) is 0 Å². The summed E-state index contributed by atoms with van der Waals surface area (Å²) in [6.07, 6.45) is 4.53. The molecule has 0 bridgehead atoms. The van der Waals surface area contributed by atoms with E-state index in [4.69, 9.17) is 0 Å². The van der Waals surface area contributed by atoms with Crippen molar-refractivity contribution in [2.75, 3.05) is 6.54 Å². The fourth-order valence-corrected chi connectivity index (χ4v) is 3.47. The first-order valence-electron chi connectivity index (χ1n) is 6.32. The topological polar surface area (TPSA) is 32.3 Å². The van der Waals surface area contributed by atoms with E-state index in [2.05, 4.69) is 17.4 Å². The number of fused-ring (bicyclic) bond motifs is 1. The van der Waals surface area contributed by atoms with E-state index in [0.717, 1.165) is 24.9 Å². The Kier molecular flexibility index (Phi) is 2.49. The molecule has 16 heavy (non-hydrogen) atoms. The van der Waals surface area contributed by atoms with Crippen molar-refractivity contribution in [3.63, 3.8) is 0 Å². The third kappa shape index (κ3) is 1.48. The highest BCUT2D eigenvalue weighted by atomic mass is 16.3. The summed E-state index contributed by atoms with van der Waals surface area (Å²) in [5, 5.41) is 14.4. The van der Waals surface area contributed by atoms with E-state index in [0.29, 0.717) is 5.92 Å². The van der Waals surface area contributed by atoms with E-state index in [1.165, 1.54) is 12.8 Å². The van der Waals surface area contributed by atoms with Gasteiger partial charge in [-0.05, 0) is 43.7 Å². The first-order chi connectivity index (χ1) is 7.81. The molecular weight excluding hydrogens is 198 g/mol. The van der Waals surface area contributed by atoms with Gasteiger partial charge in [0.05, 0.1) is 0 Å². The quantitative estimate of drug-likeness (QED) is 0.754. The lowest BCUT2D eigenvalue weighted by Crippen LogP contribution is -2.50. The summed E-state index contributed by atoms with van der Waals surface area (Å²) in [7, 11) is 0. The smallest absolute Gasteiger partial charge is 0.105 e. The minimum Gasteiger partial charge on any atom is -0.384 e. The van der Waals surface area contributed by atoms with Gasteiger partial charge in [-0.1, -0.05) is 30.3 Å². The van der Waals surface area contributed by atoms with Crippen molar-refractivity contribution in [3.8, 4) is 0 Å². The van der Waals surface area contributed by atoms with Crippen LogP contribution in [0.1, 0.15) is 31.2 Å². The van der Waals surface area contributed by atoms with Crippen LogP contribution in [0.5, 0.6) is 0 Å². The molecule has 1 aromatic rings. The molecule has 2 aliphatic rings. The largest absolute Gasteiger partial charge is 0.384 e. The van der Waals surface area contributed by atoms with Crippen LogP contribution in [-0.2, 0) is 5.60 Å². The van der Waals surface area contributed by atoms with Crippen molar-refractivity contribution >= 4 is 0 Å². The molecule has 1 saturated carbocycles. The van der Waals surface area contributed by atoms with Gasteiger partial charge in [0.1, 0.15) is 5.60 Å². The zero-order valence-corrected chi connectivity index (χ0v) is 9.52. The number of aliphatic hydroxyl groups is 1. The van der Waals surface area contributed by atoms with Gasteiger partial charge in [0.25, 0.3) is 0 Å². The van der Waals surface area contributed by atoms with Crippen molar-refractivity contribution in [2.45, 2.75) is 37.3 Å². The number of rotatable bonds is 1. The van der Waals surface area contributed by atoms with E-state index in [9.17, 15) is 5.11 Å². The van der Waals surface area contributed by atoms with Crippen LogP contribution < -0.4 is 5.32 Å². The number of benzene rings is 1. The Balaban J connectivity index is 1.96. The molecule has 1 aliphatic heterocycles. The predicted octanol–water partition coefficient (Wildman–Crippen LogP) is 2.04. The number of nitrogens with one attached hydrogen (secondary N) is 1. The highest BCUT2D eigenvalue weighted by Crippen LogP contribution is 2.43. The maximum atomic E-state index is 11.0. The van der Waals surface area contributed by atoms with Gasteiger partial charge < -0.3 is 10.4 Å². The normalized spacial score (nSPS) is 38.3. The summed E-state index contributed by atoms with van der Waals surface area (Å²) in [5.74, 6) is 0.666. The third-order valence-electron chi connectivity index (χ3n) is 4.27. The van der Waals surface area contributed by atoms with Crippen LogP contribution in [0.4, 0.5) is 0 Å². The summed E-state index contributed by atoms with van der Waals surface area (Å²) in [5.41, 5.74) is 0.444. The Morgan fingerprint density at radius 3 is 2.81 bits per heavy atom. The molecule has 0 aromatic heterocycles. The SMILES string of the molecule is O[C@]1(c2ccccc2)CCCC2CCN[C@@H]21. The van der Waals surface area contributed by atoms with Gasteiger partial charge in [-0.25, -0.2) is 0 Å². The fourth-order valence-electron chi connectivity index (χ4n) is 3.47. The molecule has 3 atom stereocenters. The molecule has 1 saturated heterocycles. The molecule has 86 valence electrons. The summed E-state index contributed by atoms with van der Waals surface area (Å²) in [6, 6.07) is 10.4. The highest BCUT2D eigenvalue weighted by molar-refractivity contribution is 5.26. The summed E-state index contributed by atoms with van der Waals surface area (Å²) >= 11 is 0. The van der Waals surface area contributed by atoms with Crippen LogP contribution >= 0.6 is 0 Å². The standard InChI is InChI=1S/C14H19NO/c16-14(12-6-2-1-3-7-12)9-4-5-11-8-10-15-13(11)14/h1-3,6-7,11,13,15-16H,4-5,8-10H2/t11?,13-,14-/m0/s1. The second-order valence-corrected chi connectivity index (χ2v) is 5.16. The van der Waals surface area contributed by atoms with Crippen LogP contribution in [0, 0.1) is 5.92 Å². The van der Waals surface area contributed by atoms with Gasteiger partial charge in [0, 0.05) is 6.04 Å². The summed E-state index contributed by atoms with van der Waals surface area (Å²) in [6.45, 7) is 1.06. The molecule has 0 spiro atoms. The van der Waals surface area contributed by atoms with E-state index in [-0.39, 0.29) is 6.04 Å². The fraction of sp³-hybridized carbons (Fsp3) is 0.571. The molecular formula is C14H19NO. The maximum Gasteiger partial charge on any atom is 0.105 e. The summed E-state index contributed by atoms with van der Waals surface area (Å²) in [4.78, 5) is 0. The van der Waals surface area contributed by atoms with Crippen LogP contribution in [0.2, 0.25) is 0 Å². The molecule has 2 fully saturated rings. The molecule has 1 aliphatic carbocycles. The van der Waals surface area contributed by atoms with Crippen LogP contribution in [-0.4, -0.2) is 17.7 Å². The molecule has 0 radical (unpaired) electrons. The Labute approximate surface area is 96.7 Å². The van der Waals surface area contributed by atoms with Gasteiger partial charge in [-0.15, -0.1) is 0 Å². The lowest BCUT2D eigenvalue weighted by atomic mass is 9.71. The molecule has 3 rings (SSSR count). The Morgan fingerprint density at radius 1 is 1.19 bits per heavy atom. The zero-order valence-electron chi connectivity index (χ0n) is 9.52. The zero-order chi connectivity index (χ0) is 11.0. The van der Waals surface area contributed by atoms with Crippen LogP contribution in [0.3, 0.4) is 0 Å². The minimum atomic E-state index is -0.638. The molecule has 1 unspecified atom stereocenters. The van der Waals surface area contributed by atoms with Crippen molar-refractivity contribution in [3.05, 3.63) is 35.9 Å². The Bertz CT molecular complexity index is 364. The first-order valence-corrected chi connectivity index (χ1v) is 6.32. The number of hydrogen-bond acceptors (Lipinski definition) is 2. The highest BCUT2D eigenvalue weighted by Gasteiger charge is 2.47. The van der Waals surface area contributed by atoms with Crippen molar-refractivity contribution < 1.29 is 5.11 Å². The van der Waals surface area contributed by atoms with Crippen LogP contribution in [0.15, 0.2) is 30.3 Å². The first kappa shape index (κ1) is 10.3. The Hall–Kier alpha value is -0.860. The van der Waals surface area contributed by atoms with Gasteiger partial charge in [-0.2, -0.15) is 0 Å². The molecule has 2 nitrogen and oxygen atoms in total. The second kappa shape index (κ2) is 3.86. The molecule has 2 heteroatoms. The molecule has 0 amide bonds. The predicted molar refractivity (Wildman–Crippen MR) is 64.1 cm³/mol. The third-order valence-corrected chi connectivity index (χ3v) is 4.27. The number of hydrogen-bond donors (Lipinski definition) is 2. The van der Waals surface area contributed by atoms with Gasteiger partial charge >= 0.3 is 0 Å². The Morgan fingerprint density at radius 2 is 2.00 bits per heavy atom.